The van der Waals surface area contributed by atoms with Gasteiger partial charge in [-0.3, -0.25) is 9.59 Å². The first kappa shape index (κ1) is 15.4. The van der Waals surface area contributed by atoms with Crippen LogP contribution in [-0.2, 0) is 4.79 Å². The highest BCUT2D eigenvalue weighted by Gasteiger charge is 2.45. The molecule has 2 N–H and O–H groups in total. The molecule has 1 heterocycles. The number of phenolic OH excluding ortho intramolecular Hbond substituents is 1. The van der Waals surface area contributed by atoms with Gasteiger partial charge in [0.1, 0.15) is 5.75 Å². The third-order valence-electron chi connectivity index (χ3n) is 4.21. The van der Waals surface area contributed by atoms with Gasteiger partial charge in [-0.15, -0.1) is 0 Å². The fourth-order valence-electron chi connectivity index (χ4n) is 3.00. The van der Waals surface area contributed by atoms with E-state index in [2.05, 4.69) is 0 Å². The van der Waals surface area contributed by atoms with Gasteiger partial charge < -0.3 is 15.1 Å². The van der Waals surface area contributed by atoms with Gasteiger partial charge in [0, 0.05) is 13.1 Å². The Morgan fingerprint density at radius 1 is 1.38 bits per heavy atom. The summed E-state index contributed by atoms with van der Waals surface area (Å²) in [5.41, 5.74) is 0.264. The fourth-order valence-corrected chi connectivity index (χ4v) is 3.00. The second-order valence-electron chi connectivity index (χ2n) is 5.83. The van der Waals surface area contributed by atoms with Gasteiger partial charge >= 0.3 is 5.97 Å². The van der Waals surface area contributed by atoms with Gasteiger partial charge in [-0.1, -0.05) is 19.4 Å². The number of rotatable bonds is 4. The SMILES string of the molecule is CCCC1(C(=O)O)CCN(C(=O)c2ccc(C)cc2O)C1. The number of amides is 1. The number of phenols is 1. The summed E-state index contributed by atoms with van der Waals surface area (Å²) in [4.78, 5) is 25.5. The van der Waals surface area contributed by atoms with Crippen LogP contribution < -0.4 is 0 Å². The van der Waals surface area contributed by atoms with Crippen LogP contribution in [0.1, 0.15) is 42.1 Å². The molecule has 0 spiro atoms. The van der Waals surface area contributed by atoms with E-state index in [1.807, 2.05) is 13.8 Å². The molecule has 0 bridgehead atoms. The van der Waals surface area contributed by atoms with E-state index in [1.165, 1.54) is 4.90 Å². The lowest BCUT2D eigenvalue weighted by Crippen LogP contribution is -2.37. The van der Waals surface area contributed by atoms with Crippen molar-refractivity contribution in [2.75, 3.05) is 13.1 Å². The molecule has 0 radical (unpaired) electrons. The molecular formula is C16H21NO4. The van der Waals surface area contributed by atoms with Crippen molar-refractivity contribution in [3.63, 3.8) is 0 Å². The number of carbonyl (C=O) groups is 2. The maximum absolute atomic E-state index is 12.5. The minimum absolute atomic E-state index is 0.0525. The van der Waals surface area contributed by atoms with Crippen LogP contribution in [0.3, 0.4) is 0 Å². The number of benzene rings is 1. The number of aryl methyl sites for hydroxylation is 1. The van der Waals surface area contributed by atoms with Crippen molar-refractivity contribution in [3.8, 4) is 5.75 Å². The van der Waals surface area contributed by atoms with Crippen LogP contribution in [-0.4, -0.2) is 40.1 Å². The first-order chi connectivity index (χ1) is 9.89. The summed E-state index contributed by atoms with van der Waals surface area (Å²) < 4.78 is 0. The van der Waals surface area contributed by atoms with Gasteiger partial charge in [0.25, 0.3) is 5.91 Å². The molecule has 5 heteroatoms. The van der Waals surface area contributed by atoms with Gasteiger partial charge in [0.15, 0.2) is 0 Å². The van der Waals surface area contributed by atoms with Gasteiger partial charge in [-0.05, 0) is 37.5 Å². The van der Waals surface area contributed by atoms with Crippen molar-refractivity contribution >= 4 is 11.9 Å². The van der Waals surface area contributed by atoms with Crippen molar-refractivity contribution in [1.82, 2.24) is 4.90 Å². The lowest BCUT2D eigenvalue weighted by molar-refractivity contribution is -0.148. The number of carboxylic acid groups (broad SMARTS) is 1. The van der Waals surface area contributed by atoms with Crippen molar-refractivity contribution in [1.29, 1.82) is 0 Å². The van der Waals surface area contributed by atoms with Crippen molar-refractivity contribution < 1.29 is 19.8 Å². The molecule has 1 aromatic carbocycles. The molecule has 1 aliphatic heterocycles. The molecule has 0 saturated carbocycles. The molecule has 1 aliphatic rings. The smallest absolute Gasteiger partial charge is 0.311 e. The second kappa shape index (κ2) is 5.76. The number of hydrogen-bond acceptors (Lipinski definition) is 3. The molecular weight excluding hydrogens is 270 g/mol. The molecule has 0 aliphatic carbocycles. The highest BCUT2D eigenvalue weighted by atomic mass is 16.4. The average molecular weight is 291 g/mol. The van der Waals surface area contributed by atoms with Crippen LogP contribution >= 0.6 is 0 Å². The summed E-state index contributed by atoms with van der Waals surface area (Å²) >= 11 is 0. The van der Waals surface area contributed by atoms with Gasteiger partial charge in [0.05, 0.1) is 11.0 Å². The normalized spacial score (nSPS) is 21.5. The summed E-state index contributed by atoms with van der Waals surface area (Å²) in [6.07, 6.45) is 1.80. The maximum Gasteiger partial charge on any atom is 0.311 e. The first-order valence-electron chi connectivity index (χ1n) is 7.22. The van der Waals surface area contributed by atoms with E-state index in [4.69, 9.17) is 0 Å². The molecule has 1 unspecified atom stereocenters. The number of nitrogens with zero attached hydrogens (tertiary/aromatic N) is 1. The molecule has 2 rings (SSSR count). The lowest BCUT2D eigenvalue weighted by atomic mass is 9.83. The van der Waals surface area contributed by atoms with Crippen LogP contribution in [0.4, 0.5) is 0 Å². The Morgan fingerprint density at radius 3 is 2.67 bits per heavy atom. The van der Waals surface area contributed by atoms with Gasteiger partial charge in [-0.2, -0.15) is 0 Å². The minimum Gasteiger partial charge on any atom is -0.507 e. The largest absolute Gasteiger partial charge is 0.507 e. The molecule has 5 nitrogen and oxygen atoms in total. The Labute approximate surface area is 124 Å². The lowest BCUT2D eigenvalue weighted by Gasteiger charge is -2.24. The Kier molecular flexibility index (Phi) is 4.21. The number of likely N-dealkylation sites (tertiary alicyclic amines) is 1. The predicted molar refractivity (Wildman–Crippen MR) is 78.3 cm³/mol. The first-order valence-corrected chi connectivity index (χ1v) is 7.22. The summed E-state index contributed by atoms with van der Waals surface area (Å²) in [6, 6.07) is 4.90. The number of carboxylic acids is 1. The zero-order valence-electron chi connectivity index (χ0n) is 12.4. The van der Waals surface area contributed by atoms with Crippen LogP contribution in [0.2, 0.25) is 0 Å². The topological polar surface area (TPSA) is 77.8 Å². The molecule has 0 aromatic heterocycles. The van der Waals surface area contributed by atoms with E-state index in [-0.39, 0.29) is 23.8 Å². The van der Waals surface area contributed by atoms with E-state index in [0.717, 1.165) is 12.0 Å². The monoisotopic (exact) mass is 291 g/mol. The average Bonchev–Trinajstić information content (AvgIpc) is 2.84. The Balaban J connectivity index is 2.20. The zero-order chi connectivity index (χ0) is 15.6. The third kappa shape index (κ3) is 2.86. The van der Waals surface area contributed by atoms with Crippen molar-refractivity contribution in [2.45, 2.75) is 33.1 Å². The maximum atomic E-state index is 12.5. The van der Waals surface area contributed by atoms with Gasteiger partial charge in [0.2, 0.25) is 0 Å². The minimum atomic E-state index is -0.843. The van der Waals surface area contributed by atoms with E-state index in [1.54, 1.807) is 18.2 Å². The highest BCUT2D eigenvalue weighted by Crippen LogP contribution is 2.36. The molecule has 1 saturated heterocycles. The summed E-state index contributed by atoms with van der Waals surface area (Å²) in [6.45, 7) is 4.41. The number of carbonyl (C=O) groups excluding carboxylic acids is 1. The third-order valence-corrected chi connectivity index (χ3v) is 4.21. The van der Waals surface area contributed by atoms with E-state index in [0.29, 0.717) is 19.4 Å². The summed E-state index contributed by atoms with van der Waals surface area (Å²) in [7, 11) is 0. The van der Waals surface area contributed by atoms with E-state index >= 15 is 0 Å². The Hall–Kier alpha value is -2.04. The van der Waals surface area contributed by atoms with Crippen LogP contribution in [0, 0.1) is 12.3 Å². The predicted octanol–water partition coefficient (Wildman–Crippen LogP) is 2.42. The molecule has 1 atom stereocenters. The zero-order valence-corrected chi connectivity index (χ0v) is 12.4. The van der Waals surface area contributed by atoms with Crippen LogP contribution in [0.25, 0.3) is 0 Å². The highest BCUT2D eigenvalue weighted by molar-refractivity contribution is 5.97. The number of aliphatic carboxylic acids is 1. The number of hydrogen-bond donors (Lipinski definition) is 2. The quantitative estimate of drug-likeness (QED) is 0.893. The Bertz CT molecular complexity index is 569. The van der Waals surface area contributed by atoms with Crippen LogP contribution in [0.5, 0.6) is 5.75 Å². The molecule has 1 fully saturated rings. The molecule has 114 valence electrons. The van der Waals surface area contributed by atoms with Crippen LogP contribution in [0.15, 0.2) is 18.2 Å². The molecule has 1 aromatic rings. The second-order valence-corrected chi connectivity index (χ2v) is 5.83. The Morgan fingerprint density at radius 2 is 2.10 bits per heavy atom. The standard InChI is InChI=1S/C16H21NO4/c1-3-6-16(15(20)21)7-8-17(10-16)14(19)12-5-4-11(2)9-13(12)18/h4-5,9,18H,3,6-8,10H2,1-2H3,(H,20,21). The fraction of sp³-hybridized carbons (Fsp3) is 0.500. The van der Waals surface area contributed by atoms with Crippen molar-refractivity contribution in [3.05, 3.63) is 29.3 Å². The van der Waals surface area contributed by atoms with E-state index < -0.39 is 11.4 Å². The molecule has 21 heavy (non-hydrogen) atoms. The van der Waals surface area contributed by atoms with E-state index in [9.17, 15) is 19.8 Å². The summed E-state index contributed by atoms with van der Waals surface area (Å²) in [5, 5.41) is 19.4. The summed E-state index contributed by atoms with van der Waals surface area (Å²) in [5.74, 6) is -1.19. The van der Waals surface area contributed by atoms with Crippen molar-refractivity contribution in [2.24, 2.45) is 5.41 Å². The van der Waals surface area contributed by atoms with Gasteiger partial charge in [-0.25, -0.2) is 0 Å². The number of aromatic hydroxyl groups is 1. The molecule has 1 amide bonds.